The maximum atomic E-state index is 3.51. The lowest BCUT2D eigenvalue weighted by atomic mass is 10.1. The van der Waals surface area contributed by atoms with Crippen LogP contribution in [0.25, 0.3) is 0 Å². The van der Waals surface area contributed by atoms with Crippen molar-refractivity contribution in [2.75, 3.05) is 11.9 Å². The average Bonchev–Trinajstić information content (AvgIpc) is 2.29. The number of hydrogen-bond acceptors (Lipinski definition) is 1. The maximum absolute atomic E-state index is 3.51. The lowest BCUT2D eigenvalue weighted by molar-refractivity contribution is 1.02. The van der Waals surface area contributed by atoms with Gasteiger partial charge in [-0.15, -0.1) is 0 Å². The predicted molar refractivity (Wildman–Crippen MR) is 77.5 cm³/mol. The van der Waals surface area contributed by atoms with Crippen molar-refractivity contribution in [3.05, 3.63) is 64.1 Å². The average molecular weight is 290 g/mol. The minimum atomic E-state index is 0.958. The van der Waals surface area contributed by atoms with Gasteiger partial charge < -0.3 is 5.32 Å². The molecule has 0 aliphatic heterocycles. The largest absolute Gasteiger partial charge is 0.385 e. The Morgan fingerprint density at radius 3 is 2.53 bits per heavy atom. The highest BCUT2D eigenvalue weighted by Gasteiger charge is 1.96. The summed E-state index contributed by atoms with van der Waals surface area (Å²) in [6.45, 7) is 3.06. The summed E-state index contributed by atoms with van der Waals surface area (Å²) in [7, 11) is 0. The molecule has 0 aromatic heterocycles. The minimum absolute atomic E-state index is 0.958. The second-order valence-corrected chi connectivity index (χ2v) is 5.10. The second kappa shape index (κ2) is 5.87. The van der Waals surface area contributed by atoms with Crippen LogP contribution in [0.2, 0.25) is 0 Å². The molecule has 2 heteroatoms. The highest BCUT2D eigenvalue weighted by atomic mass is 79.9. The lowest BCUT2D eigenvalue weighted by Gasteiger charge is -2.08. The quantitative estimate of drug-likeness (QED) is 0.879. The van der Waals surface area contributed by atoms with Crippen LogP contribution >= 0.6 is 15.9 Å². The fourth-order valence-corrected chi connectivity index (χ4v) is 2.44. The standard InChI is InChI=1S/C15H16BrN/c1-12-9-14(16)11-15(10-12)17-8-7-13-5-3-2-4-6-13/h2-6,9-11,17H,7-8H2,1H3. The molecule has 0 atom stereocenters. The minimum Gasteiger partial charge on any atom is -0.385 e. The highest BCUT2D eigenvalue weighted by Crippen LogP contribution is 2.18. The van der Waals surface area contributed by atoms with E-state index in [0.29, 0.717) is 0 Å². The summed E-state index contributed by atoms with van der Waals surface area (Å²) in [5.74, 6) is 0. The predicted octanol–water partition coefficient (Wildman–Crippen LogP) is 4.41. The van der Waals surface area contributed by atoms with Crippen LogP contribution in [-0.2, 0) is 6.42 Å². The summed E-state index contributed by atoms with van der Waals surface area (Å²) in [5.41, 5.74) is 3.81. The molecule has 17 heavy (non-hydrogen) atoms. The summed E-state index contributed by atoms with van der Waals surface area (Å²) >= 11 is 3.51. The van der Waals surface area contributed by atoms with E-state index in [1.165, 1.54) is 16.8 Å². The molecule has 0 unspecified atom stereocenters. The van der Waals surface area contributed by atoms with E-state index >= 15 is 0 Å². The molecule has 0 amide bonds. The van der Waals surface area contributed by atoms with Crippen molar-refractivity contribution >= 4 is 21.6 Å². The van der Waals surface area contributed by atoms with Gasteiger partial charge in [0, 0.05) is 16.7 Å². The van der Waals surface area contributed by atoms with Gasteiger partial charge in [0.05, 0.1) is 0 Å². The number of aryl methyl sites for hydroxylation is 1. The van der Waals surface area contributed by atoms with Crippen molar-refractivity contribution in [3.8, 4) is 0 Å². The van der Waals surface area contributed by atoms with Crippen molar-refractivity contribution < 1.29 is 0 Å². The molecule has 0 spiro atoms. The number of rotatable bonds is 4. The third-order valence-electron chi connectivity index (χ3n) is 2.63. The Morgan fingerprint density at radius 1 is 1.06 bits per heavy atom. The molecule has 0 bridgehead atoms. The monoisotopic (exact) mass is 289 g/mol. The van der Waals surface area contributed by atoms with Crippen LogP contribution in [0, 0.1) is 6.92 Å². The van der Waals surface area contributed by atoms with Crippen molar-refractivity contribution in [2.45, 2.75) is 13.3 Å². The number of benzene rings is 2. The van der Waals surface area contributed by atoms with Crippen LogP contribution in [0.3, 0.4) is 0 Å². The summed E-state index contributed by atoms with van der Waals surface area (Å²) in [5, 5.41) is 3.44. The second-order valence-electron chi connectivity index (χ2n) is 4.18. The van der Waals surface area contributed by atoms with E-state index in [0.717, 1.165) is 17.4 Å². The molecular formula is C15H16BrN. The molecule has 0 saturated carbocycles. The molecule has 1 nitrogen and oxygen atoms in total. The molecule has 0 radical (unpaired) electrons. The fourth-order valence-electron chi connectivity index (χ4n) is 1.83. The topological polar surface area (TPSA) is 12.0 Å². The first kappa shape index (κ1) is 12.2. The van der Waals surface area contributed by atoms with Crippen molar-refractivity contribution in [1.29, 1.82) is 0 Å². The first-order valence-corrected chi connectivity index (χ1v) is 6.58. The Hall–Kier alpha value is -1.28. The normalized spacial score (nSPS) is 10.2. The molecule has 2 rings (SSSR count). The van der Waals surface area contributed by atoms with Crippen LogP contribution in [0.4, 0.5) is 5.69 Å². The number of hydrogen-bond donors (Lipinski definition) is 1. The van der Waals surface area contributed by atoms with E-state index in [9.17, 15) is 0 Å². The van der Waals surface area contributed by atoms with Gasteiger partial charge in [0.2, 0.25) is 0 Å². The van der Waals surface area contributed by atoms with Gasteiger partial charge in [0.25, 0.3) is 0 Å². The molecular weight excluding hydrogens is 274 g/mol. The van der Waals surface area contributed by atoms with Gasteiger partial charge in [-0.1, -0.05) is 46.3 Å². The van der Waals surface area contributed by atoms with Gasteiger partial charge in [0.15, 0.2) is 0 Å². The summed E-state index contributed by atoms with van der Waals surface area (Å²) < 4.78 is 1.12. The number of halogens is 1. The summed E-state index contributed by atoms with van der Waals surface area (Å²) in [4.78, 5) is 0. The maximum Gasteiger partial charge on any atom is 0.0354 e. The van der Waals surface area contributed by atoms with E-state index in [2.05, 4.69) is 76.7 Å². The van der Waals surface area contributed by atoms with E-state index in [4.69, 9.17) is 0 Å². The Kier molecular flexibility index (Phi) is 4.21. The van der Waals surface area contributed by atoms with E-state index in [1.807, 2.05) is 0 Å². The number of nitrogens with one attached hydrogen (secondary N) is 1. The molecule has 2 aromatic carbocycles. The SMILES string of the molecule is Cc1cc(Br)cc(NCCc2ccccc2)c1. The summed E-state index contributed by atoms with van der Waals surface area (Å²) in [6, 6.07) is 16.9. The third-order valence-corrected chi connectivity index (χ3v) is 3.09. The van der Waals surface area contributed by atoms with Gasteiger partial charge in [-0.05, 0) is 42.7 Å². The van der Waals surface area contributed by atoms with Crippen LogP contribution in [0.5, 0.6) is 0 Å². The molecule has 0 saturated heterocycles. The smallest absolute Gasteiger partial charge is 0.0354 e. The highest BCUT2D eigenvalue weighted by molar-refractivity contribution is 9.10. The van der Waals surface area contributed by atoms with Gasteiger partial charge in [0.1, 0.15) is 0 Å². The molecule has 1 N–H and O–H groups in total. The zero-order valence-electron chi connectivity index (χ0n) is 9.91. The van der Waals surface area contributed by atoms with E-state index < -0.39 is 0 Å². The van der Waals surface area contributed by atoms with Crippen LogP contribution in [-0.4, -0.2) is 6.54 Å². The Bertz CT molecular complexity index is 459. The first-order valence-electron chi connectivity index (χ1n) is 5.79. The van der Waals surface area contributed by atoms with Crippen molar-refractivity contribution in [1.82, 2.24) is 0 Å². The van der Waals surface area contributed by atoms with Crippen LogP contribution in [0.1, 0.15) is 11.1 Å². The number of anilines is 1. The Balaban J connectivity index is 1.90. The molecule has 0 fully saturated rings. The summed E-state index contributed by atoms with van der Waals surface area (Å²) in [6.07, 6.45) is 1.05. The van der Waals surface area contributed by atoms with E-state index in [-0.39, 0.29) is 0 Å². The molecule has 0 aliphatic rings. The van der Waals surface area contributed by atoms with Crippen molar-refractivity contribution in [2.24, 2.45) is 0 Å². The van der Waals surface area contributed by atoms with Gasteiger partial charge >= 0.3 is 0 Å². The zero-order valence-corrected chi connectivity index (χ0v) is 11.5. The Labute approximate surface area is 111 Å². The van der Waals surface area contributed by atoms with E-state index in [1.54, 1.807) is 0 Å². The Morgan fingerprint density at radius 2 is 1.82 bits per heavy atom. The van der Waals surface area contributed by atoms with Crippen LogP contribution in [0.15, 0.2) is 53.0 Å². The van der Waals surface area contributed by atoms with Gasteiger partial charge in [-0.3, -0.25) is 0 Å². The van der Waals surface area contributed by atoms with Crippen molar-refractivity contribution in [3.63, 3.8) is 0 Å². The fraction of sp³-hybridized carbons (Fsp3) is 0.200. The van der Waals surface area contributed by atoms with Gasteiger partial charge in [-0.25, -0.2) is 0 Å². The molecule has 2 aromatic rings. The van der Waals surface area contributed by atoms with Crippen LogP contribution < -0.4 is 5.32 Å². The lowest BCUT2D eigenvalue weighted by Crippen LogP contribution is -2.04. The molecule has 88 valence electrons. The molecule has 0 aliphatic carbocycles. The molecule has 0 heterocycles. The first-order chi connectivity index (χ1) is 8.24. The zero-order chi connectivity index (χ0) is 12.1. The van der Waals surface area contributed by atoms with Gasteiger partial charge in [-0.2, -0.15) is 0 Å². The third kappa shape index (κ3) is 3.90.